The molecule has 0 bridgehead atoms. The number of hydrogen-bond donors (Lipinski definition) is 1. The van der Waals surface area contributed by atoms with E-state index < -0.39 is 16.1 Å². The van der Waals surface area contributed by atoms with Crippen molar-refractivity contribution in [3.8, 4) is 0 Å². The number of nitrogens with zero attached hydrogens (tertiary/aromatic N) is 3. The van der Waals surface area contributed by atoms with Gasteiger partial charge in [0.15, 0.2) is 12.4 Å². The smallest absolute Gasteiger partial charge is 0.293 e. The number of benzene rings is 1. The summed E-state index contributed by atoms with van der Waals surface area (Å²) in [5.41, 5.74) is 1.48. The number of sulfonamides is 1. The third kappa shape index (κ3) is 4.92. The fourth-order valence-electron chi connectivity index (χ4n) is 3.04. The predicted molar refractivity (Wildman–Crippen MR) is 110 cm³/mol. The highest BCUT2D eigenvalue weighted by molar-refractivity contribution is 7.89. The van der Waals surface area contributed by atoms with Gasteiger partial charge in [-0.25, -0.2) is 8.42 Å². The van der Waals surface area contributed by atoms with E-state index in [1.165, 1.54) is 10.4 Å². The van der Waals surface area contributed by atoms with Crippen LogP contribution in [0.15, 0.2) is 53.7 Å². The van der Waals surface area contributed by atoms with E-state index in [9.17, 15) is 13.2 Å². The highest BCUT2D eigenvalue weighted by Crippen LogP contribution is 2.21. The average Bonchev–Trinajstić information content (AvgIpc) is 2.74. The van der Waals surface area contributed by atoms with Crippen molar-refractivity contribution >= 4 is 27.3 Å². The summed E-state index contributed by atoms with van der Waals surface area (Å²) < 4.78 is 34.1. The number of nitrogens with one attached hydrogen (secondary N) is 1. The number of morpholine rings is 1. The van der Waals surface area contributed by atoms with Gasteiger partial charge in [0.05, 0.1) is 18.1 Å². The lowest BCUT2D eigenvalue weighted by Crippen LogP contribution is -2.44. The number of pyridine rings is 1. The summed E-state index contributed by atoms with van der Waals surface area (Å²) >= 11 is 0. The number of hydrogen-bond acceptors (Lipinski definition) is 5. The molecule has 29 heavy (non-hydrogen) atoms. The lowest BCUT2D eigenvalue weighted by atomic mass is 10.2. The maximum atomic E-state index is 12.8. The quantitative estimate of drug-likeness (QED) is 0.713. The van der Waals surface area contributed by atoms with Gasteiger partial charge in [-0.3, -0.25) is 4.79 Å². The number of ether oxygens (including phenoxy) is 1. The largest absolute Gasteiger partial charge is 0.379 e. The highest BCUT2D eigenvalue weighted by atomic mass is 32.2. The zero-order valence-electron chi connectivity index (χ0n) is 16.9. The third-order valence-electron chi connectivity index (χ3n) is 4.89. The first-order valence-electron chi connectivity index (χ1n) is 9.46. The van der Waals surface area contributed by atoms with Crippen LogP contribution in [0.5, 0.6) is 0 Å². The van der Waals surface area contributed by atoms with Gasteiger partial charge in [0.1, 0.15) is 0 Å². The van der Waals surface area contributed by atoms with Gasteiger partial charge >= 0.3 is 0 Å². The Kier molecular flexibility index (Phi) is 6.51. The van der Waals surface area contributed by atoms with Crippen LogP contribution in [0, 0.1) is 0 Å². The molecule has 8 nitrogen and oxygen atoms in total. The van der Waals surface area contributed by atoms with Crippen LogP contribution in [0.1, 0.15) is 13.0 Å². The molecule has 2 heterocycles. The van der Waals surface area contributed by atoms with E-state index in [2.05, 4.69) is 5.32 Å². The molecule has 1 aliphatic heterocycles. The summed E-state index contributed by atoms with van der Waals surface area (Å²) in [6, 6.07) is 9.76. The Bertz CT molecular complexity index is 955. The number of amides is 1. The molecule has 0 saturated carbocycles. The van der Waals surface area contributed by atoms with Gasteiger partial charge in [-0.15, -0.1) is 0 Å². The minimum atomic E-state index is -3.61. The molecule has 0 aliphatic carbocycles. The second-order valence-electron chi connectivity index (χ2n) is 7.11. The number of carbonyl (C=O) groups excluding carboxylic acids is 1. The molecule has 1 atom stereocenters. The molecule has 1 aromatic heterocycles. The Morgan fingerprint density at radius 2 is 1.83 bits per heavy atom. The monoisotopic (exact) mass is 419 g/mol. The van der Waals surface area contributed by atoms with Crippen molar-refractivity contribution in [1.82, 2.24) is 4.31 Å². The van der Waals surface area contributed by atoms with Crippen molar-refractivity contribution < 1.29 is 22.5 Å². The first-order chi connectivity index (χ1) is 13.8. The first kappa shape index (κ1) is 21.2. The van der Waals surface area contributed by atoms with Crippen molar-refractivity contribution in [3.63, 3.8) is 0 Å². The molecule has 0 radical (unpaired) electrons. The van der Waals surface area contributed by atoms with Crippen LogP contribution in [-0.4, -0.2) is 59.0 Å². The van der Waals surface area contributed by atoms with E-state index >= 15 is 0 Å². The van der Waals surface area contributed by atoms with Crippen molar-refractivity contribution in [2.45, 2.75) is 17.9 Å². The number of aromatic nitrogens is 1. The van der Waals surface area contributed by atoms with E-state index in [1.807, 2.05) is 43.5 Å². The zero-order chi connectivity index (χ0) is 21.0. The molecule has 9 heteroatoms. The Balaban J connectivity index is 1.73. The second-order valence-corrected chi connectivity index (χ2v) is 9.05. The minimum Gasteiger partial charge on any atom is -0.379 e. The average molecular weight is 420 g/mol. The molecular weight excluding hydrogens is 392 g/mol. The molecule has 0 unspecified atom stereocenters. The molecule has 2 aromatic rings. The van der Waals surface area contributed by atoms with E-state index in [-0.39, 0.29) is 10.8 Å². The summed E-state index contributed by atoms with van der Waals surface area (Å²) in [6.45, 7) is 3.22. The summed E-state index contributed by atoms with van der Waals surface area (Å²) in [4.78, 5) is 14.8. The van der Waals surface area contributed by atoms with Crippen molar-refractivity contribution in [2.24, 2.45) is 0 Å². The van der Waals surface area contributed by atoms with Crippen LogP contribution in [0.4, 0.5) is 11.4 Å². The molecule has 1 N–H and O–H groups in total. The standard InChI is InChI=1S/C20H26N4O4S/c1-16(23-9-7-18(8-10-23)22(2)3)20(25)21-17-5-4-6-19(15-17)29(26,27)24-11-13-28-14-12-24/h4-10,15-16H,11-14H2,1-3H3/p+1/t16-/m1/s1. The van der Waals surface area contributed by atoms with Crippen LogP contribution in [-0.2, 0) is 19.6 Å². The van der Waals surface area contributed by atoms with E-state index in [1.54, 1.807) is 29.7 Å². The van der Waals surface area contributed by atoms with Gasteiger partial charge in [0, 0.05) is 57.6 Å². The van der Waals surface area contributed by atoms with Crippen LogP contribution in [0.3, 0.4) is 0 Å². The molecule has 0 spiro atoms. The molecule has 1 saturated heterocycles. The van der Waals surface area contributed by atoms with Crippen LogP contribution >= 0.6 is 0 Å². The SMILES string of the molecule is C[C@H](C(=O)Nc1cccc(S(=O)(=O)N2CCOCC2)c1)[n+]1ccc(N(C)C)cc1. The Hall–Kier alpha value is -2.49. The fraction of sp³-hybridized carbons (Fsp3) is 0.400. The van der Waals surface area contributed by atoms with E-state index in [0.29, 0.717) is 32.0 Å². The topological polar surface area (TPSA) is 82.8 Å². The van der Waals surface area contributed by atoms with Crippen LogP contribution in [0.25, 0.3) is 0 Å². The molecular formula is C20H27N4O4S+. The van der Waals surface area contributed by atoms with Gasteiger partial charge in [-0.2, -0.15) is 8.87 Å². The lowest BCUT2D eigenvalue weighted by Gasteiger charge is -2.26. The molecule has 1 aliphatic rings. The van der Waals surface area contributed by atoms with Crippen molar-refractivity contribution in [3.05, 3.63) is 48.8 Å². The van der Waals surface area contributed by atoms with Crippen molar-refractivity contribution in [2.75, 3.05) is 50.6 Å². The summed E-state index contributed by atoms with van der Waals surface area (Å²) in [7, 11) is 0.291. The van der Waals surface area contributed by atoms with Gasteiger partial charge in [0.25, 0.3) is 5.91 Å². The predicted octanol–water partition coefficient (Wildman–Crippen LogP) is 1.26. The molecule has 3 rings (SSSR count). The molecule has 1 amide bonds. The summed E-state index contributed by atoms with van der Waals surface area (Å²) in [5.74, 6) is -0.228. The normalized spacial score (nSPS) is 16.2. The van der Waals surface area contributed by atoms with Gasteiger partial charge < -0.3 is 15.0 Å². The Morgan fingerprint density at radius 1 is 1.17 bits per heavy atom. The molecule has 1 fully saturated rings. The highest BCUT2D eigenvalue weighted by Gasteiger charge is 2.27. The van der Waals surface area contributed by atoms with Crippen LogP contribution < -0.4 is 14.8 Å². The number of rotatable bonds is 6. The Morgan fingerprint density at radius 3 is 2.45 bits per heavy atom. The lowest BCUT2D eigenvalue weighted by molar-refractivity contribution is -0.705. The fourth-order valence-corrected chi connectivity index (χ4v) is 4.49. The molecule has 1 aromatic carbocycles. The summed E-state index contributed by atoms with van der Waals surface area (Å²) in [6.07, 6.45) is 3.69. The van der Waals surface area contributed by atoms with E-state index in [4.69, 9.17) is 4.74 Å². The van der Waals surface area contributed by atoms with E-state index in [0.717, 1.165) is 5.69 Å². The van der Waals surface area contributed by atoms with Gasteiger partial charge in [0.2, 0.25) is 16.1 Å². The van der Waals surface area contributed by atoms with Gasteiger partial charge in [-0.1, -0.05) is 6.07 Å². The minimum absolute atomic E-state index is 0.160. The number of anilines is 2. The zero-order valence-corrected chi connectivity index (χ0v) is 17.7. The number of carbonyl (C=O) groups is 1. The van der Waals surface area contributed by atoms with Gasteiger partial charge in [-0.05, 0) is 18.2 Å². The molecule has 156 valence electrons. The van der Waals surface area contributed by atoms with Crippen molar-refractivity contribution in [1.29, 1.82) is 0 Å². The maximum Gasteiger partial charge on any atom is 0.293 e. The maximum absolute atomic E-state index is 12.8. The first-order valence-corrected chi connectivity index (χ1v) is 10.9. The second kappa shape index (κ2) is 8.89. The van der Waals surface area contributed by atoms with Crippen LogP contribution in [0.2, 0.25) is 0 Å². The summed E-state index contributed by atoms with van der Waals surface area (Å²) in [5, 5.41) is 2.82. The Labute approximate surface area is 171 Å². The third-order valence-corrected chi connectivity index (χ3v) is 6.78.